The van der Waals surface area contributed by atoms with E-state index >= 15 is 0 Å². The fraction of sp³-hybridized carbons (Fsp3) is 0.273. The number of carbonyl (C=O) groups excluding carboxylic acids is 1. The van der Waals surface area contributed by atoms with Gasteiger partial charge < -0.3 is 14.6 Å². The van der Waals surface area contributed by atoms with Crippen LogP contribution in [0.25, 0.3) is 17.0 Å². The van der Waals surface area contributed by atoms with Crippen LogP contribution in [0.15, 0.2) is 53.3 Å². The van der Waals surface area contributed by atoms with Crippen molar-refractivity contribution in [3.05, 3.63) is 65.9 Å². The van der Waals surface area contributed by atoms with Crippen LogP contribution in [0.4, 0.5) is 5.69 Å². The predicted octanol–water partition coefficient (Wildman–Crippen LogP) is 2.78. The molecule has 1 fully saturated rings. The Morgan fingerprint density at radius 1 is 1.19 bits per heavy atom. The van der Waals surface area contributed by atoms with Crippen molar-refractivity contribution in [1.29, 1.82) is 0 Å². The number of anilines is 1. The Labute approximate surface area is 178 Å². The van der Waals surface area contributed by atoms with E-state index in [-0.39, 0.29) is 5.91 Å². The summed E-state index contributed by atoms with van der Waals surface area (Å²) in [5, 5.41) is 7.10. The van der Waals surface area contributed by atoms with E-state index < -0.39 is 0 Å². The summed E-state index contributed by atoms with van der Waals surface area (Å²) >= 11 is 0. The van der Waals surface area contributed by atoms with Crippen LogP contribution in [0, 0.1) is 6.92 Å². The highest BCUT2D eigenvalue weighted by Gasteiger charge is 2.17. The predicted molar refractivity (Wildman–Crippen MR) is 114 cm³/mol. The zero-order valence-corrected chi connectivity index (χ0v) is 17.1. The first kappa shape index (κ1) is 19.4. The third kappa shape index (κ3) is 4.05. The van der Waals surface area contributed by atoms with Gasteiger partial charge in [-0.2, -0.15) is 4.98 Å². The molecule has 0 radical (unpaired) electrons. The van der Waals surface area contributed by atoms with Crippen molar-refractivity contribution >= 4 is 17.2 Å². The van der Waals surface area contributed by atoms with Gasteiger partial charge in [0.25, 0.3) is 5.91 Å². The van der Waals surface area contributed by atoms with Gasteiger partial charge in [0.1, 0.15) is 11.3 Å². The Morgan fingerprint density at radius 2 is 2.06 bits per heavy atom. The van der Waals surface area contributed by atoms with Gasteiger partial charge in [-0.15, -0.1) is 0 Å². The van der Waals surface area contributed by atoms with Crippen LogP contribution < -0.4 is 5.32 Å². The van der Waals surface area contributed by atoms with Crippen molar-refractivity contribution in [2.75, 3.05) is 31.6 Å². The molecule has 9 heteroatoms. The number of fused-ring (bicyclic) bond motifs is 1. The maximum absolute atomic E-state index is 12.9. The van der Waals surface area contributed by atoms with Crippen LogP contribution in [0.3, 0.4) is 0 Å². The van der Waals surface area contributed by atoms with E-state index in [1.807, 2.05) is 49.5 Å². The minimum Gasteiger partial charge on any atom is -0.379 e. The maximum atomic E-state index is 12.9. The lowest BCUT2D eigenvalue weighted by atomic mass is 10.1. The van der Waals surface area contributed by atoms with Crippen molar-refractivity contribution in [3.8, 4) is 11.4 Å². The van der Waals surface area contributed by atoms with Gasteiger partial charge in [0.15, 0.2) is 0 Å². The molecule has 1 amide bonds. The fourth-order valence-corrected chi connectivity index (χ4v) is 3.57. The van der Waals surface area contributed by atoms with E-state index in [2.05, 4.69) is 25.3 Å². The molecule has 1 aliphatic heterocycles. The van der Waals surface area contributed by atoms with Crippen LogP contribution in [0.2, 0.25) is 0 Å². The van der Waals surface area contributed by atoms with Gasteiger partial charge in [-0.05, 0) is 30.7 Å². The number of amides is 1. The molecule has 0 aliphatic carbocycles. The minimum absolute atomic E-state index is 0.236. The molecule has 4 aromatic rings. The molecule has 0 saturated carbocycles. The molecule has 0 spiro atoms. The SMILES string of the molecule is Cc1ccc(-c2noc(CN3CCOCC3)n2)cc1NC(=O)c1cnc2ccccn12. The molecule has 158 valence electrons. The number of aromatic nitrogens is 4. The average Bonchev–Trinajstić information content (AvgIpc) is 3.43. The Balaban J connectivity index is 1.35. The molecule has 1 aromatic carbocycles. The number of hydrogen-bond donors (Lipinski definition) is 1. The lowest BCUT2D eigenvalue weighted by Crippen LogP contribution is -2.35. The summed E-state index contributed by atoms with van der Waals surface area (Å²) in [4.78, 5) is 23.9. The Morgan fingerprint density at radius 3 is 2.94 bits per heavy atom. The lowest BCUT2D eigenvalue weighted by Gasteiger charge is -2.24. The third-order valence-electron chi connectivity index (χ3n) is 5.32. The number of carbonyl (C=O) groups is 1. The van der Waals surface area contributed by atoms with Gasteiger partial charge in [-0.1, -0.05) is 23.4 Å². The summed E-state index contributed by atoms with van der Waals surface area (Å²) in [7, 11) is 0. The molecule has 0 unspecified atom stereocenters. The highest BCUT2D eigenvalue weighted by atomic mass is 16.5. The van der Waals surface area contributed by atoms with Crippen LogP contribution >= 0.6 is 0 Å². The minimum atomic E-state index is -0.236. The average molecular weight is 418 g/mol. The number of nitrogens with zero attached hydrogens (tertiary/aromatic N) is 5. The van der Waals surface area contributed by atoms with Gasteiger partial charge in [-0.3, -0.25) is 14.1 Å². The largest absolute Gasteiger partial charge is 0.379 e. The van der Waals surface area contributed by atoms with Crippen molar-refractivity contribution in [2.24, 2.45) is 0 Å². The molecule has 9 nitrogen and oxygen atoms in total. The summed E-state index contributed by atoms with van der Waals surface area (Å²) in [5.74, 6) is 0.822. The Kier molecular flexibility index (Phi) is 5.19. The molecule has 3 aromatic heterocycles. The number of nitrogens with one attached hydrogen (secondary N) is 1. The Bertz CT molecular complexity index is 1220. The molecule has 4 heterocycles. The molecular formula is C22H22N6O3. The standard InChI is InChI=1S/C22H22N6O3/c1-15-5-6-16(21-25-20(31-26-21)14-27-8-10-30-11-9-27)12-17(15)24-22(29)18-13-23-19-4-2-3-7-28(18)19/h2-7,12-13H,8-11,14H2,1H3,(H,24,29). The normalized spacial score (nSPS) is 14.7. The van der Waals surface area contributed by atoms with Gasteiger partial charge in [0.2, 0.25) is 11.7 Å². The van der Waals surface area contributed by atoms with E-state index in [4.69, 9.17) is 9.26 Å². The first-order valence-electron chi connectivity index (χ1n) is 10.1. The van der Waals surface area contributed by atoms with Crippen LogP contribution in [0.5, 0.6) is 0 Å². The van der Waals surface area contributed by atoms with Crippen molar-refractivity contribution in [3.63, 3.8) is 0 Å². The summed E-state index contributed by atoms with van der Waals surface area (Å²) in [5.41, 5.74) is 3.58. The van der Waals surface area contributed by atoms with E-state index in [0.29, 0.717) is 42.9 Å². The smallest absolute Gasteiger partial charge is 0.274 e. The number of imidazole rings is 1. The van der Waals surface area contributed by atoms with Crippen LogP contribution in [0.1, 0.15) is 21.9 Å². The lowest BCUT2D eigenvalue weighted by molar-refractivity contribution is 0.0297. The number of ether oxygens (including phenoxy) is 1. The Hall–Kier alpha value is -3.56. The van der Waals surface area contributed by atoms with Crippen molar-refractivity contribution < 1.29 is 14.1 Å². The number of rotatable bonds is 5. The van der Waals surface area contributed by atoms with Gasteiger partial charge in [-0.25, -0.2) is 4.98 Å². The van der Waals surface area contributed by atoms with Gasteiger partial charge in [0, 0.05) is 30.5 Å². The zero-order valence-electron chi connectivity index (χ0n) is 17.1. The quantitative estimate of drug-likeness (QED) is 0.532. The zero-order chi connectivity index (χ0) is 21.2. The monoisotopic (exact) mass is 418 g/mol. The highest BCUT2D eigenvalue weighted by Crippen LogP contribution is 2.24. The van der Waals surface area contributed by atoms with E-state index in [0.717, 1.165) is 29.9 Å². The topological polar surface area (TPSA) is 97.8 Å². The summed E-state index contributed by atoms with van der Waals surface area (Å²) in [6.45, 7) is 5.67. The number of benzene rings is 1. The fourth-order valence-electron chi connectivity index (χ4n) is 3.57. The summed E-state index contributed by atoms with van der Waals surface area (Å²) < 4.78 is 12.6. The third-order valence-corrected chi connectivity index (χ3v) is 5.32. The number of aryl methyl sites for hydroxylation is 1. The number of pyridine rings is 1. The first-order chi connectivity index (χ1) is 15.2. The van der Waals surface area contributed by atoms with E-state index in [1.54, 1.807) is 10.6 Å². The molecule has 0 bridgehead atoms. The summed E-state index contributed by atoms with van der Waals surface area (Å²) in [6.07, 6.45) is 3.39. The second-order valence-electron chi connectivity index (χ2n) is 7.46. The molecule has 0 atom stereocenters. The molecule has 1 N–H and O–H groups in total. The highest BCUT2D eigenvalue weighted by molar-refractivity contribution is 6.04. The van der Waals surface area contributed by atoms with Gasteiger partial charge in [0.05, 0.1) is 26.0 Å². The number of hydrogen-bond acceptors (Lipinski definition) is 7. The van der Waals surface area contributed by atoms with Crippen LogP contribution in [-0.4, -0.2) is 56.6 Å². The molecule has 31 heavy (non-hydrogen) atoms. The van der Waals surface area contributed by atoms with Crippen molar-refractivity contribution in [2.45, 2.75) is 13.5 Å². The van der Waals surface area contributed by atoms with Gasteiger partial charge >= 0.3 is 0 Å². The maximum Gasteiger partial charge on any atom is 0.274 e. The second-order valence-corrected chi connectivity index (χ2v) is 7.46. The molecule has 1 saturated heterocycles. The van der Waals surface area contributed by atoms with Crippen LogP contribution in [-0.2, 0) is 11.3 Å². The summed E-state index contributed by atoms with van der Waals surface area (Å²) in [6, 6.07) is 11.3. The molecule has 1 aliphatic rings. The number of morpholine rings is 1. The second kappa shape index (κ2) is 8.29. The van der Waals surface area contributed by atoms with E-state index in [1.165, 1.54) is 0 Å². The first-order valence-corrected chi connectivity index (χ1v) is 10.1. The molecular weight excluding hydrogens is 396 g/mol. The van der Waals surface area contributed by atoms with Crippen molar-refractivity contribution in [1.82, 2.24) is 24.4 Å². The molecule has 5 rings (SSSR count). The van der Waals surface area contributed by atoms with E-state index in [9.17, 15) is 4.79 Å².